The molecule has 14 heavy (non-hydrogen) atoms. The maximum atomic E-state index is 2.53. The van der Waals surface area contributed by atoms with Crippen molar-refractivity contribution < 1.29 is 28.5 Å². The summed E-state index contributed by atoms with van der Waals surface area (Å²) in [5, 5.41) is 0. The molecule has 0 aromatic rings. The van der Waals surface area contributed by atoms with Crippen molar-refractivity contribution in [2.24, 2.45) is 5.41 Å². The molecule has 0 radical (unpaired) electrons. The summed E-state index contributed by atoms with van der Waals surface area (Å²) in [7, 11) is 1.63. The lowest BCUT2D eigenvalue weighted by molar-refractivity contribution is -0.890. The summed E-state index contributed by atoms with van der Waals surface area (Å²) < 4.78 is 1.39. The van der Waals surface area contributed by atoms with Crippen molar-refractivity contribution in [1.29, 1.82) is 0 Å². The third-order valence-electron chi connectivity index (χ3n) is 3.99. The molecule has 2 aliphatic rings. The Bertz CT molecular complexity index is 214. The first-order valence-corrected chi connectivity index (χ1v) is 9.37. The molecule has 3 heteroatoms. The Labute approximate surface area is 107 Å². The van der Waals surface area contributed by atoms with Crippen LogP contribution in [-0.4, -0.2) is 39.2 Å². The molecule has 0 amide bonds. The molecule has 2 aliphatic heterocycles. The van der Waals surface area contributed by atoms with Gasteiger partial charge < -0.3 is 28.5 Å². The third-order valence-corrected chi connectivity index (χ3v) is 5.80. The molecule has 2 fully saturated rings. The van der Waals surface area contributed by atoms with Crippen LogP contribution < -0.4 is 24.0 Å². The van der Waals surface area contributed by atoms with E-state index in [1.54, 1.807) is 6.04 Å². The SMILES string of the molecule is C[N+]12CCC(C[Si](C)(C)C)(CC1)C2.[I-]. The van der Waals surface area contributed by atoms with Gasteiger partial charge in [0.15, 0.2) is 0 Å². The Morgan fingerprint density at radius 3 is 1.93 bits per heavy atom. The molecule has 0 saturated carbocycles. The Hall–Kier alpha value is 0.907. The van der Waals surface area contributed by atoms with Gasteiger partial charge in [-0.3, -0.25) is 0 Å². The van der Waals surface area contributed by atoms with Gasteiger partial charge >= 0.3 is 0 Å². The maximum Gasteiger partial charge on any atom is 0.0843 e. The molecular formula is C11H24INSi. The van der Waals surface area contributed by atoms with E-state index in [1.807, 2.05) is 0 Å². The summed E-state index contributed by atoms with van der Waals surface area (Å²) in [6.45, 7) is 12.0. The van der Waals surface area contributed by atoms with E-state index in [4.69, 9.17) is 0 Å². The second-order valence-corrected chi connectivity index (χ2v) is 12.4. The van der Waals surface area contributed by atoms with Gasteiger partial charge in [-0.2, -0.15) is 0 Å². The number of hydrogen-bond donors (Lipinski definition) is 0. The van der Waals surface area contributed by atoms with Crippen molar-refractivity contribution in [2.75, 3.05) is 26.7 Å². The number of piperidine rings is 1. The monoisotopic (exact) mass is 325 g/mol. The lowest BCUT2D eigenvalue weighted by Crippen LogP contribution is -3.00. The van der Waals surface area contributed by atoms with E-state index in [0.29, 0.717) is 0 Å². The minimum absolute atomic E-state index is 0. The normalized spacial score (nSPS) is 41.1. The van der Waals surface area contributed by atoms with E-state index in [9.17, 15) is 0 Å². The van der Waals surface area contributed by atoms with Gasteiger partial charge in [0.2, 0.25) is 0 Å². The van der Waals surface area contributed by atoms with E-state index in [1.165, 1.54) is 37.0 Å². The van der Waals surface area contributed by atoms with Crippen molar-refractivity contribution in [3.05, 3.63) is 0 Å². The van der Waals surface area contributed by atoms with Crippen LogP contribution in [0.25, 0.3) is 0 Å². The van der Waals surface area contributed by atoms with E-state index in [0.717, 1.165) is 5.41 Å². The van der Waals surface area contributed by atoms with E-state index < -0.39 is 8.07 Å². The van der Waals surface area contributed by atoms with E-state index in [2.05, 4.69) is 26.7 Å². The van der Waals surface area contributed by atoms with Gasteiger partial charge in [0.05, 0.1) is 26.7 Å². The summed E-state index contributed by atoms with van der Waals surface area (Å²) in [6.07, 6.45) is 3.04. The first kappa shape index (κ1) is 13.0. The van der Waals surface area contributed by atoms with Gasteiger partial charge in [0, 0.05) is 26.3 Å². The molecule has 0 aromatic carbocycles. The van der Waals surface area contributed by atoms with Crippen molar-refractivity contribution in [1.82, 2.24) is 0 Å². The Morgan fingerprint density at radius 1 is 1.14 bits per heavy atom. The first-order valence-electron chi connectivity index (χ1n) is 5.66. The minimum atomic E-state index is -0.832. The zero-order chi connectivity index (χ0) is 9.74. The number of nitrogens with zero attached hydrogens (tertiary/aromatic N) is 1. The predicted octanol–water partition coefficient (Wildman–Crippen LogP) is -0.431. The standard InChI is InChI=1S/C11H24NSi.HI/c1-12-7-5-11(9-12,6-8-12)10-13(2,3)4;/h5-10H2,1-4H3;1H/q+1;/p-1. The molecule has 84 valence electrons. The second kappa shape index (κ2) is 3.73. The van der Waals surface area contributed by atoms with Gasteiger partial charge in [-0.1, -0.05) is 19.6 Å². The Morgan fingerprint density at radius 2 is 1.64 bits per heavy atom. The fraction of sp³-hybridized carbons (Fsp3) is 1.00. The van der Waals surface area contributed by atoms with Gasteiger partial charge in [-0.25, -0.2) is 0 Å². The number of fused-ring (bicyclic) bond motifs is 2. The maximum absolute atomic E-state index is 2.53. The third kappa shape index (κ3) is 2.53. The highest BCUT2D eigenvalue weighted by atomic mass is 127. The molecule has 0 unspecified atom stereocenters. The molecule has 0 aromatic heterocycles. The van der Waals surface area contributed by atoms with Crippen molar-refractivity contribution >= 4 is 8.07 Å². The van der Waals surface area contributed by atoms with Crippen LogP contribution in [0.3, 0.4) is 0 Å². The fourth-order valence-electron chi connectivity index (χ4n) is 3.73. The average Bonchev–Trinajstić information content (AvgIpc) is 2.37. The number of quaternary nitrogens is 1. The van der Waals surface area contributed by atoms with Crippen LogP contribution in [0.4, 0.5) is 0 Å². The average molecular weight is 325 g/mol. The summed E-state index contributed by atoms with van der Waals surface area (Å²) in [6, 6.07) is 1.58. The van der Waals surface area contributed by atoms with Crippen molar-refractivity contribution in [3.63, 3.8) is 0 Å². The molecule has 1 nitrogen and oxygen atoms in total. The Balaban J connectivity index is 0.000000980. The van der Waals surface area contributed by atoms with Crippen LogP contribution in [0.1, 0.15) is 12.8 Å². The van der Waals surface area contributed by atoms with Crippen LogP contribution in [0, 0.1) is 5.41 Å². The van der Waals surface area contributed by atoms with Crippen LogP contribution in [0.15, 0.2) is 0 Å². The minimum Gasteiger partial charge on any atom is -1.00 e. The summed E-state index contributed by atoms with van der Waals surface area (Å²) in [5.41, 5.74) is 0.791. The predicted molar refractivity (Wildman–Crippen MR) is 60.6 cm³/mol. The highest BCUT2D eigenvalue weighted by molar-refractivity contribution is 6.76. The lowest BCUT2D eigenvalue weighted by Gasteiger charge is -2.29. The molecule has 2 heterocycles. The first-order chi connectivity index (χ1) is 5.83. The van der Waals surface area contributed by atoms with E-state index in [-0.39, 0.29) is 24.0 Å². The topological polar surface area (TPSA) is 0 Å². The molecule has 0 N–H and O–H groups in total. The summed E-state index contributed by atoms with van der Waals surface area (Å²) >= 11 is 0. The molecule has 0 atom stereocenters. The number of halogens is 1. The lowest BCUT2D eigenvalue weighted by atomic mass is 9.87. The summed E-state index contributed by atoms with van der Waals surface area (Å²) in [4.78, 5) is 0. The quantitative estimate of drug-likeness (QED) is 0.367. The van der Waals surface area contributed by atoms with E-state index >= 15 is 0 Å². The zero-order valence-corrected chi connectivity index (χ0v) is 13.2. The fourth-order valence-corrected chi connectivity index (χ4v) is 6.45. The zero-order valence-electron chi connectivity index (χ0n) is 10.1. The van der Waals surface area contributed by atoms with Crippen LogP contribution in [-0.2, 0) is 0 Å². The molecular weight excluding hydrogens is 301 g/mol. The smallest absolute Gasteiger partial charge is 0.0843 e. The van der Waals surface area contributed by atoms with Gasteiger partial charge in [-0.15, -0.1) is 0 Å². The molecule has 0 aliphatic carbocycles. The molecule has 2 bridgehead atoms. The van der Waals surface area contributed by atoms with Crippen LogP contribution >= 0.6 is 0 Å². The number of rotatable bonds is 2. The highest BCUT2D eigenvalue weighted by Gasteiger charge is 2.54. The molecule has 2 rings (SSSR count). The molecule has 0 spiro atoms. The summed E-state index contributed by atoms with van der Waals surface area (Å²) in [5.74, 6) is 0. The van der Waals surface area contributed by atoms with Gasteiger partial charge in [0.25, 0.3) is 0 Å². The second-order valence-electron chi connectivity index (χ2n) is 6.96. The van der Waals surface area contributed by atoms with Gasteiger partial charge in [-0.05, 0) is 6.04 Å². The van der Waals surface area contributed by atoms with Gasteiger partial charge in [0.1, 0.15) is 0 Å². The van der Waals surface area contributed by atoms with Crippen molar-refractivity contribution in [3.8, 4) is 0 Å². The number of hydrogen-bond acceptors (Lipinski definition) is 0. The largest absolute Gasteiger partial charge is 1.00 e. The van der Waals surface area contributed by atoms with Crippen LogP contribution in [0.5, 0.6) is 0 Å². The Kier molecular flexibility index (Phi) is 3.46. The van der Waals surface area contributed by atoms with Crippen LogP contribution in [0.2, 0.25) is 25.7 Å². The molecule has 2 saturated heterocycles. The highest BCUT2D eigenvalue weighted by Crippen LogP contribution is 2.49. The van der Waals surface area contributed by atoms with Crippen molar-refractivity contribution in [2.45, 2.75) is 38.5 Å².